The maximum absolute atomic E-state index is 12.2. The highest BCUT2D eigenvalue weighted by Crippen LogP contribution is 2.37. The molecule has 0 saturated carbocycles. The molecule has 1 saturated heterocycles. The van der Waals surface area contributed by atoms with Gasteiger partial charge in [-0.2, -0.15) is 0 Å². The average Bonchev–Trinajstić information content (AvgIpc) is 2.48. The van der Waals surface area contributed by atoms with E-state index in [2.05, 4.69) is 15.9 Å². The van der Waals surface area contributed by atoms with Crippen LogP contribution in [-0.2, 0) is 9.59 Å². The predicted octanol–water partition coefficient (Wildman–Crippen LogP) is 3.30. The van der Waals surface area contributed by atoms with E-state index in [4.69, 9.17) is 0 Å². The molecule has 2 rings (SSSR count). The van der Waals surface area contributed by atoms with Gasteiger partial charge in [-0.15, -0.1) is 0 Å². The summed E-state index contributed by atoms with van der Waals surface area (Å²) in [6.45, 7) is 5.53. The van der Waals surface area contributed by atoms with Crippen LogP contribution in [0.15, 0.2) is 28.7 Å². The van der Waals surface area contributed by atoms with Gasteiger partial charge in [0.2, 0.25) is 11.8 Å². The smallest absolute Gasteiger partial charge is 0.235 e. The maximum Gasteiger partial charge on any atom is 0.235 e. The predicted molar refractivity (Wildman–Crippen MR) is 72.8 cm³/mol. The number of benzene rings is 1. The van der Waals surface area contributed by atoms with Gasteiger partial charge in [-0.25, -0.2) is 0 Å². The van der Waals surface area contributed by atoms with Crippen LogP contribution < -0.4 is 0 Å². The summed E-state index contributed by atoms with van der Waals surface area (Å²) >= 11 is 3.37. The SMILES string of the molecule is CC(c1ccc(Br)cc1)N1C(=O)CC(C)(C)C1=O. The van der Waals surface area contributed by atoms with Crippen molar-refractivity contribution in [1.29, 1.82) is 0 Å². The maximum atomic E-state index is 12.2. The number of rotatable bonds is 2. The van der Waals surface area contributed by atoms with Crippen molar-refractivity contribution in [1.82, 2.24) is 4.90 Å². The molecule has 1 unspecified atom stereocenters. The van der Waals surface area contributed by atoms with Crippen molar-refractivity contribution >= 4 is 27.7 Å². The van der Waals surface area contributed by atoms with E-state index in [1.807, 2.05) is 45.0 Å². The van der Waals surface area contributed by atoms with E-state index >= 15 is 0 Å². The van der Waals surface area contributed by atoms with Crippen LogP contribution in [0.1, 0.15) is 38.8 Å². The first-order valence-electron chi connectivity index (χ1n) is 5.95. The number of imide groups is 1. The van der Waals surface area contributed by atoms with Gasteiger partial charge < -0.3 is 0 Å². The van der Waals surface area contributed by atoms with E-state index in [9.17, 15) is 9.59 Å². The Morgan fingerprint density at radius 1 is 1.22 bits per heavy atom. The van der Waals surface area contributed by atoms with E-state index in [1.54, 1.807) is 0 Å². The molecule has 96 valence electrons. The third-order valence-corrected chi connectivity index (χ3v) is 3.93. The summed E-state index contributed by atoms with van der Waals surface area (Å²) in [6.07, 6.45) is 0.298. The molecule has 0 aliphatic carbocycles. The first kappa shape index (κ1) is 13.3. The first-order chi connectivity index (χ1) is 8.33. The number of nitrogens with zero attached hydrogens (tertiary/aromatic N) is 1. The highest BCUT2D eigenvalue weighted by Gasteiger charge is 2.46. The minimum absolute atomic E-state index is 0.0806. The molecule has 3 nitrogen and oxygen atoms in total. The Balaban J connectivity index is 2.29. The second-order valence-corrected chi connectivity index (χ2v) is 6.27. The molecule has 1 aromatic carbocycles. The largest absolute Gasteiger partial charge is 0.275 e. The van der Waals surface area contributed by atoms with E-state index in [1.165, 1.54) is 4.90 Å². The molecular weight excluding hydrogens is 294 g/mol. The van der Waals surface area contributed by atoms with Gasteiger partial charge in [-0.3, -0.25) is 14.5 Å². The van der Waals surface area contributed by atoms with Crippen LogP contribution >= 0.6 is 15.9 Å². The van der Waals surface area contributed by atoms with Gasteiger partial charge in [0, 0.05) is 10.9 Å². The Hall–Kier alpha value is -1.16. The summed E-state index contributed by atoms with van der Waals surface area (Å²) in [4.78, 5) is 25.6. The zero-order valence-corrected chi connectivity index (χ0v) is 12.3. The number of carbonyl (C=O) groups excluding carboxylic acids is 2. The highest BCUT2D eigenvalue weighted by atomic mass is 79.9. The van der Waals surface area contributed by atoms with Crippen LogP contribution in [0.5, 0.6) is 0 Å². The lowest BCUT2D eigenvalue weighted by Crippen LogP contribution is -2.35. The Morgan fingerprint density at radius 2 is 1.78 bits per heavy atom. The zero-order chi connectivity index (χ0) is 13.5. The summed E-state index contributed by atoms with van der Waals surface area (Å²) in [5.41, 5.74) is 0.401. The van der Waals surface area contributed by atoms with Gasteiger partial charge in [-0.1, -0.05) is 41.9 Å². The normalized spacial score (nSPS) is 20.3. The summed E-state index contributed by atoms with van der Waals surface area (Å²) in [5, 5.41) is 0. The molecule has 0 N–H and O–H groups in total. The molecule has 18 heavy (non-hydrogen) atoms. The fraction of sp³-hybridized carbons (Fsp3) is 0.429. The second-order valence-electron chi connectivity index (χ2n) is 5.36. The summed E-state index contributed by atoms with van der Waals surface area (Å²) < 4.78 is 0.984. The average molecular weight is 310 g/mol. The second kappa shape index (κ2) is 4.50. The fourth-order valence-corrected chi connectivity index (χ4v) is 2.52. The van der Waals surface area contributed by atoms with Crippen LogP contribution in [0.3, 0.4) is 0 Å². The van der Waals surface area contributed by atoms with Crippen molar-refractivity contribution < 1.29 is 9.59 Å². The molecule has 0 spiro atoms. The van der Waals surface area contributed by atoms with Crippen molar-refractivity contribution in [2.75, 3.05) is 0 Å². The van der Waals surface area contributed by atoms with E-state index in [0.29, 0.717) is 6.42 Å². The molecule has 1 aliphatic rings. The number of hydrogen-bond acceptors (Lipinski definition) is 2. The Kier molecular flexibility index (Phi) is 3.32. The summed E-state index contributed by atoms with van der Waals surface area (Å²) in [7, 11) is 0. The lowest BCUT2D eigenvalue weighted by molar-refractivity contribution is -0.143. The minimum Gasteiger partial charge on any atom is -0.275 e. The lowest BCUT2D eigenvalue weighted by atomic mass is 9.92. The van der Waals surface area contributed by atoms with Gasteiger partial charge in [-0.05, 0) is 24.6 Å². The molecule has 2 amide bonds. The van der Waals surface area contributed by atoms with Crippen molar-refractivity contribution in [3.63, 3.8) is 0 Å². The number of halogens is 1. The number of likely N-dealkylation sites (tertiary alicyclic amines) is 1. The topological polar surface area (TPSA) is 37.4 Å². The molecular formula is C14H16BrNO2. The molecule has 1 atom stereocenters. The fourth-order valence-electron chi connectivity index (χ4n) is 2.26. The van der Waals surface area contributed by atoms with E-state index in [0.717, 1.165) is 10.0 Å². The Bertz CT molecular complexity index is 493. The molecule has 1 heterocycles. The number of carbonyl (C=O) groups is 2. The van der Waals surface area contributed by atoms with Crippen LogP contribution in [0, 0.1) is 5.41 Å². The van der Waals surface area contributed by atoms with Crippen LogP contribution in [-0.4, -0.2) is 16.7 Å². The molecule has 0 radical (unpaired) electrons. The standard InChI is InChI=1S/C14H16BrNO2/c1-9(10-4-6-11(15)7-5-10)16-12(17)8-14(2,3)13(16)18/h4-7,9H,8H2,1-3H3. The molecule has 0 bridgehead atoms. The number of amides is 2. The highest BCUT2D eigenvalue weighted by molar-refractivity contribution is 9.10. The van der Waals surface area contributed by atoms with Gasteiger partial charge in [0.25, 0.3) is 0 Å². The summed E-state index contributed by atoms with van der Waals surface area (Å²) in [5.74, 6) is -0.164. The molecule has 1 fully saturated rings. The Morgan fingerprint density at radius 3 is 2.22 bits per heavy atom. The first-order valence-corrected chi connectivity index (χ1v) is 6.74. The quantitative estimate of drug-likeness (QED) is 0.786. The number of hydrogen-bond donors (Lipinski definition) is 0. The molecule has 1 aromatic rings. The van der Waals surface area contributed by atoms with Gasteiger partial charge >= 0.3 is 0 Å². The third-order valence-electron chi connectivity index (χ3n) is 3.40. The van der Waals surface area contributed by atoms with E-state index < -0.39 is 5.41 Å². The van der Waals surface area contributed by atoms with Crippen LogP contribution in [0.4, 0.5) is 0 Å². The van der Waals surface area contributed by atoms with Crippen molar-refractivity contribution in [2.45, 2.75) is 33.2 Å². The van der Waals surface area contributed by atoms with Crippen molar-refractivity contribution in [2.24, 2.45) is 5.41 Å². The van der Waals surface area contributed by atoms with Gasteiger partial charge in [0.05, 0.1) is 11.5 Å². The molecule has 1 aliphatic heterocycles. The summed E-state index contributed by atoms with van der Waals surface area (Å²) in [6, 6.07) is 7.49. The monoisotopic (exact) mass is 309 g/mol. The van der Waals surface area contributed by atoms with Gasteiger partial charge in [0.15, 0.2) is 0 Å². The van der Waals surface area contributed by atoms with Crippen molar-refractivity contribution in [3.05, 3.63) is 34.3 Å². The molecule has 0 aromatic heterocycles. The molecule has 4 heteroatoms. The Labute approximate surface area is 115 Å². The van der Waals surface area contributed by atoms with Crippen LogP contribution in [0.2, 0.25) is 0 Å². The van der Waals surface area contributed by atoms with E-state index in [-0.39, 0.29) is 17.9 Å². The zero-order valence-electron chi connectivity index (χ0n) is 10.7. The van der Waals surface area contributed by atoms with Crippen LogP contribution in [0.25, 0.3) is 0 Å². The minimum atomic E-state index is -0.569. The van der Waals surface area contributed by atoms with Gasteiger partial charge in [0.1, 0.15) is 0 Å². The lowest BCUT2D eigenvalue weighted by Gasteiger charge is -2.24. The van der Waals surface area contributed by atoms with Crippen molar-refractivity contribution in [3.8, 4) is 0 Å². The third kappa shape index (κ3) is 2.21.